The minimum absolute atomic E-state index is 0.0791. The molecule has 0 saturated heterocycles. The van der Waals surface area contributed by atoms with Crippen LogP contribution in [0, 0.1) is 17.8 Å². The van der Waals surface area contributed by atoms with Crippen LogP contribution in [0.5, 0.6) is 5.75 Å². The summed E-state index contributed by atoms with van der Waals surface area (Å²) in [5, 5.41) is 36.0. The first-order valence-electron chi connectivity index (χ1n) is 11.5. The summed E-state index contributed by atoms with van der Waals surface area (Å²) < 4.78 is 0. The van der Waals surface area contributed by atoms with Crippen molar-refractivity contribution in [3.63, 3.8) is 0 Å². The summed E-state index contributed by atoms with van der Waals surface area (Å²) in [6, 6.07) is 12.2. The van der Waals surface area contributed by atoms with E-state index in [0.29, 0.717) is 11.3 Å². The maximum absolute atomic E-state index is 13.5. The van der Waals surface area contributed by atoms with Crippen molar-refractivity contribution in [1.29, 1.82) is 0 Å². The highest BCUT2D eigenvalue weighted by molar-refractivity contribution is 7.80. The van der Waals surface area contributed by atoms with Gasteiger partial charge in [0.25, 0.3) is 5.91 Å². The number of amides is 1. The Bertz CT molecular complexity index is 1330. The number of benzene rings is 2. The highest BCUT2D eigenvalue weighted by Crippen LogP contribution is 2.49. The molecular formula is C26H25N3O6S. The zero-order valence-electron chi connectivity index (χ0n) is 19.3. The monoisotopic (exact) mass is 507 g/mol. The Kier molecular flexibility index (Phi) is 5.80. The number of ketones is 2. The van der Waals surface area contributed by atoms with Gasteiger partial charge in [0.05, 0.1) is 35.2 Å². The molecule has 2 aromatic rings. The van der Waals surface area contributed by atoms with Gasteiger partial charge >= 0.3 is 0 Å². The number of phenols is 1. The Labute approximate surface area is 212 Å². The fourth-order valence-electron chi connectivity index (χ4n) is 6.01. The van der Waals surface area contributed by atoms with Crippen LogP contribution < -0.4 is 16.0 Å². The van der Waals surface area contributed by atoms with Crippen molar-refractivity contribution in [2.45, 2.75) is 24.6 Å². The molecular weight excluding hydrogens is 482 g/mol. The number of carbonyl (C=O) groups excluding carboxylic acids is 3. The van der Waals surface area contributed by atoms with E-state index in [1.807, 2.05) is 11.0 Å². The van der Waals surface area contributed by atoms with Gasteiger partial charge in [-0.15, -0.1) is 0 Å². The molecule has 6 unspecified atom stereocenters. The summed E-state index contributed by atoms with van der Waals surface area (Å²) in [5.74, 6) is -6.07. The number of nitrogens with one attached hydrogen (secondary N) is 1. The molecule has 0 radical (unpaired) electrons. The predicted molar refractivity (Wildman–Crippen MR) is 135 cm³/mol. The van der Waals surface area contributed by atoms with Crippen molar-refractivity contribution in [2.24, 2.45) is 23.5 Å². The van der Waals surface area contributed by atoms with E-state index in [4.69, 9.17) is 18.0 Å². The Balaban J connectivity index is 1.59. The standard InChI is InChI=1S/C26H25N3O6S/c1-29-13-8-5-9-15(30)17(13)23(33)18-14(29)10-12-16(21(18)31)22(32)19(25(27)35)24(34)20(12)28-26(36)11-6-3-2-4-7-11/h2-9,12,14,16,18,20-21,30-31,34H,10H2,1H3,(H2,27,35)(H,28,36). The van der Waals surface area contributed by atoms with Gasteiger partial charge in [-0.2, -0.15) is 0 Å². The van der Waals surface area contributed by atoms with Gasteiger partial charge in [-0.05, 0) is 18.6 Å². The number of carbonyl (C=O) groups is 3. The normalized spacial score (nSPS) is 29.2. The van der Waals surface area contributed by atoms with E-state index in [1.165, 1.54) is 6.07 Å². The minimum atomic E-state index is -1.49. The van der Waals surface area contributed by atoms with Crippen LogP contribution in [0.1, 0.15) is 22.3 Å². The second-order valence-electron chi connectivity index (χ2n) is 9.46. The number of nitrogens with zero attached hydrogens (tertiary/aromatic N) is 1. The zero-order valence-corrected chi connectivity index (χ0v) is 20.1. The number of phenolic OH excluding ortho intramolecular Hbond substituents is 1. The summed E-state index contributed by atoms with van der Waals surface area (Å²) in [5.41, 5.74) is 6.10. The molecule has 5 rings (SSSR count). The van der Waals surface area contributed by atoms with Gasteiger partial charge in [-0.25, -0.2) is 0 Å². The Morgan fingerprint density at radius 2 is 1.75 bits per heavy atom. The molecule has 1 aliphatic heterocycles. The van der Waals surface area contributed by atoms with Gasteiger partial charge in [0.15, 0.2) is 11.6 Å². The maximum Gasteiger partial charge on any atom is 0.255 e. The minimum Gasteiger partial charge on any atom is -0.509 e. The van der Waals surface area contributed by atoms with Gasteiger partial charge in [0, 0.05) is 24.6 Å². The number of primary amides is 1. The van der Waals surface area contributed by atoms with E-state index >= 15 is 0 Å². The van der Waals surface area contributed by atoms with E-state index in [-0.39, 0.29) is 22.7 Å². The molecule has 3 aliphatic rings. The Morgan fingerprint density at radius 3 is 2.42 bits per heavy atom. The second kappa shape index (κ2) is 8.72. The molecule has 1 saturated carbocycles. The fourth-order valence-corrected chi connectivity index (χ4v) is 6.27. The number of nitrogens with two attached hydrogens (primary N) is 1. The number of thiocarbonyl (C=S) groups is 1. The van der Waals surface area contributed by atoms with Gasteiger partial charge in [-0.3, -0.25) is 14.4 Å². The molecule has 0 aromatic heterocycles. The molecule has 186 valence electrons. The van der Waals surface area contributed by atoms with Crippen LogP contribution in [-0.2, 0) is 9.59 Å². The average molecular weight is 508 g/mol. The van der Waals surface area contributed by atoms with Crippen molar-refractivity contribution in [3.05, 3.63) is 71.0 Å². The molecule has 6 atom stereocenters. The molecule has 9 nitrogen and oxygen atoms in total. The van der Waals surface area contributed by atoms with Crippen LogP contribution in [0.3, 0.4) is 0 Å². The number of Topliss-reactive ketones (excluding diaryl/α,β-unsaturated/α-hetero) is 2. The third kappa shape index (κ3) is 3.48. The average Bonchev–Trinajstić information content (AvgIpc) is 2.84. The third-order valence-electron chi connectivity index (χ3n) is 7.67. The number of fused-ring (bicyclic) bond motifs is 3. The van der Waals surface area contributed by atoms with Crippen molar-refractivity contribution in [1.82, 2.24) is 5.32 Å². The summed E-state index contributed by atoms with van der Waals surface area (Å²) >= 11 is 5.53. The van der Waals surface area contributed by atoms with Crippen LogP contribution in [0.2, 0.25) is 0 Å². The number of aliphatic hydroxyl groups is 2. The van der Waals surface area contributed by atoms with E-state index in [0.717, 1.165) is 0 Å². The zero-order chi connectivity index (χ0) is 25.9. The predicted octanol–water partition coefficient (Wildman–Crippen LogP) is 1.22. The first-order valence-corrected chi connectivity index (χ1v) is 11.9. The highest BCUT2D eigenvalue weighted by atomic mass is 32.1. The molecule has 6 N–H and O–H groups in total. The van der Waals surface area contributed by atoms with E-state index in [9.17, 15) is 29.7 Å². The van der Waals surface area contributed by atoms with E-state index < -0.39 is 64.7 Å². The van der Waals surface area contributed by atoms with Crippen molar-refractivity contribution in [3.8, 4) is 5.75 Å². The third-order valence-corrected chi connectivity index (χ3v) is 8.02. The summed E-state index contributed by atoms with van der Waals surface area (Å²) in [6.07, 6.45) is -1.26. The number of anilines is 1. The number of hydrogen-bond donors (Lipinski definition) is 5. The first kappa shape index (κ1) is 24.0. The molecule has 1 amide bonds. The maximum atomic E-state index is 13.5. The first-order chi connectivity index (χ1) is 17.1. The quantitative estimate of drug-likeness (QED) is 0.305. The smallest absolute Gasteiger partial charge is 0.255 e. The van der Waals surface area contributed by atoms with Crippen LogP contribution in [0.15, 0.2) is 59.9 Å². The molecule has 2 aliphatic carbocycles. The molecule has 36 heavy (non-hydrogen) atoms. The summed E-state index contributed by atoms with van der Waals surface area (Å²) in [4.78, 5) is 41.2. The van der Waals surface area contributed by atoms with Crippen molar-refractivity contribution in [2.75, 3.05) is 11.9 Å². The largest absolute Gasteiger partial charge is 0.509 e. The van der Waals surface area contributed by atoms with E-state index in [1.54, 1.807) is 43.4 Å². The molecule has 0 spiro atoms. The van der Waals surface area contributed by atoms with Crippen LogP contribution >= 0.6 is 12.2 Å². The summed E-state index contributed by atoms with van der Waals surface area (Å²) in [6.45, 7) is 0. The lowest BCUT2D eigenvalue weighted by Crippen LogP contribution is -2.65. The topological polar surface area (TPSA) is 153 Å². The number of hydrogen-bond acceptors (Lipinski definition) is 8. The molecule has 0 bridgehead atoms. The van der Waals surface area contributed by atoms with Crippen molar-refractivity contribution >= 4 is 40.4 Å². The Hall–Kier alpha value is -3.76. The summed E-state index contributed by atoms with van der Waals surface area (Å²) in [7, 11) is 1.75. The van der Waals surface area contributed by atoms with Gasteiger partial charge < -0.3 is 31.3 Å². The van der Waals surface area contributed by atoms with Gasteiger partial charge in [-0.1, -0.05) is 48.6 Å². The number of aliphatic hydroxyl groups excluding tert-OH is 2. The van der Waals surface area contributed by atoms with Crippen LogP contribution in [-0.4, -0.2) is 63.0 Å². The lowest BCUT2D eigenvalue weighted by atomic mass is 9.59. The lowest BCUT2D eigenvalue weighted by molar-refractivity contribution is -0.134. The number of rotatable bonds is 3. The Morgan fingerprint density at radius 1 is 1.06 bits per heavy atom. The van der Waals surface area contributed by atoms with Crippen LogP contribution in [0.25, 0.3) is 0 Å². The second-order valence-corrected chi connectivity index (χ2v) is 9.87. The fraction of sp³-hybridized carbons (Fsp3) is 0.308. The van der Waals surface area contributed by atoms with Gasteiger partial charge in [0.1, 0.15) is 22.1 Å². The van der Waals surface area contributed by atoms with Crippen molar-refractivity contribution < 1.29 is 29.7 Å². The lowest BCUT2D eigenvalue weighted by Gasteiger charge is -2.53. The van der Waals surface area contributed by atoms with Crippen LogP contribution in [0.4, 0.5) is 5.69 Å². The van der Waals surface area contributed by atoms with E-state index in [2.05, 4.69) is 5.32 Å². The molecule has 2 aromatic carbocycles. The van der Waals surface area contributed by atoms with Gasteiger partial charge in [0.2, 0.25) is 0 Å². The molecule has 10 heteroatoms. The molecule has 1 heterocycles. The highest BCUT2D eigenvalue weighted by Gasteiger charge is 2.59. The SMILES string of the molecule is CN1c2cccc(O)c2C(=O)C2C(O)C3C(=O)C(C(N)=O)=C(O)C(NC(=S)c4ccccc4)C3CC21. The number of aromatic hydroxyl groups is 1. The molecule has 1 fully saturated rings.